The predicted molar refractivity (Wildman–Crippen MR) is 97.3 cm³/mol. The van der Waals surface area contributed by atoms with E-state index in [0.717, 1.165) is 26.2 Å². The smallest absolute Gasteiger partial charge is 0.330 e. The zero-order valence-electron chi connectivity index (χ0n) is 14.7. The normalized spacial score (nSPS) is 15.0. The molecule has 2 heterocycles. The molecule has 1 aromatic carbocycles. The van der Waals surface area contributed by atoms with Crippen molar-refractivity contribution in [2.24, 2.45) is 14.1 Å². The van der Waals surface area contributed by atoms with Crippen molar-refractivity contribution in [3.05, 3.63) is 56.4 Å². The summed E-state index contributed by atoms with van der Waals surface area (Å²) in [4.78, 5) is 28.7. The van der Waals surface area contributed by atoms with Crippen LogP contribution in [0.25, 0.3) is 0 Å². The summed E-state index contributed by atoms with van der Waals surface area (Å²) in [5.41, 5.74) is 3.95. The highest BCUT2D eigenvalue weighted by atomic mass is 16.2. The van der Waals surface area contributed by atoms with Crippen molar-refractivity contribution in [1.29, 1.82) is 0 Å². The van der Waals surface area contributed by atoms with Gasteiger partial charge in [-0.2, -0.15) is 0 Å². The predicted octanol–water partition coefficient (Wildman–Crippen LogP) is 1.03. The Bertz CT molecular complexity index is 874. The van der Waals surface area contributed by atoms with Gasteiger partial charge in [0, 0.05) is 52.2 Å². The second-order valence-corrected chi connectivity index (χ2v) is 6.47. The Hall–Kier alpha value is -2.50. The van der Waals surface area contributed by atoms with Crippen LogP contribution in [-0.4, -0.2) is 35.3 Å². The minimum absolute atomic E-state index is 0.224. The van der Waals surface area contributed by atoms with Gasteiger partial charge in [-0.15, -0.1) is 0 Å². The van der Waals surface area contributed by atoms with Gasteiger partial charge in [0.05, 0.1) is 0 Å². The molecule has 0 radical (unpaired) electrons. The number of hydrogen-bond acceptors (Lipinski definition) is 4. The van der Waals surface area contributed by atoms with Crippen LogP contribution >= 0.6 is 0 Å². The molecular formula is C18H24N4O2. The maximum absolute atomic E-state index is 12.4. The molecule has 1 aliphatic rings. The van der Waals surface area contributed by atoms with Crippen molar-refractivity contribution in [2.75, 3.05) is 36.0 Å². The monoisotopic (exact) mass is 328 g/mol. The summed E-state index contributed by atoms with van der Waals surface area (Å²) in [7, 11) is 3.21. The fourth-order valence-electron chi connectivity index (χ4n) is 3.27. The number of aromatic nitrogens is 2. The largest absolute Gasteiger partial charge is 0.368 e. The minimum atomic E-state index is -0.294. The zero-order valence-corrected chi connectivity index (χ0v) is 14.7. The molecule has 24 heavy (non-hydrogen) atoms. The molecule has 0 atom stereocenters. The van der Waals surface area contributed by atoms with Crippen molar-refractivity contribution < 1.29 is 0 Å². The summed E-state index contributed by atoms with van der Waals surface area (Å²) in [6.07, 6.45) is 1.65. The van der Waals surface area contributed by atoms with Crippen molar-refractivity contribution in [2.45, 2.75) is 13.8 Å². The molecule has 6 nitrogen and oxygen atoms in total. The summed E-state index contributed by atoms with van der Waals surface area (Å²) >= 11 is 0. The molecule has 3 rings (SSSR count). The summed E-state index contributed by atoms with van der Waals surface area (Å²) in [6, 6.07) is 6.37. The van der Waals surface area contributed by atoms with Gasteiger partial charge in [0.1, 0.15) is 5.69 Å². The molecule has 0 aliphatic carbocycles. The molecule has 0 N–H and O–H groups in total. The van der Waals surface area contributed by atoms with E-state index in [4.69, 9.17) is 0 Å². The summed E-state index contributed by atoms with van der Waals surface area (Å²) in [6.45, 7) is 7.53. The third kappa shape index (κ3) is 2.72. The van der Waals surface area contributed by atoms with E-state index in [2.05, 4.69) is 41.8 Å². The SMILES string of the molecule is Cc1cccc(N2CCN(c3cn(C)c(=O)n(C)c3=O)CC2)c1C. The zero-order chi connectivity index (χ0) is 17.4. The summed E-state index contributed by atoms with van der Waals surface area (Å²) < 4.78 is 2.64. The highest BCUT2D eigenvalue weighted by molar-refractivity contribution is 5.57. The van der Waals surface area contributed by atoms with E-state index < -0.39 is 0 Å². The Morgan fingerprint density at radius 1 is 0.875 bits per heavy atom. The van der Waals surface area contributed by atoms with Crippen LogP contribution in [-0.2, 0) is 14.1 Å². The number of nitrogens with zero attached hydrogens (tertiary/aromatic N) is 4. The van der Waals surface area contributed by atoms with Gasteiger partial charge in [-0.3, -0.25) is 9.36 Å². The van der Waals surface area contributed by atoms with Gasteiger partial charge >= 0.3 is 5.69 Å². The van der Waals surface area contributed by atoms with Crippen LogP contribution in [0.15, 0.2) is 34.0 Å². The average molecular weight is 328 g/mol. The maximum atomic E-state index is 12.4. The molecule has 1 aromatic heterocycles. The standard InChI is InChI=1S/C18H24N4O2/c1-13-6-5-7-15(14(13)2)21-8-10-22(11-9-21)16-12-19(3)18(24)20(4)17(16)23/h5-7,12H,8-11H2,1-4H3. The van der Waals surface area contributed by atoms with E-state index in [1.807, 2.05) is 0 Å². The lowest BCUT2D eigenvalue weighted by atomic mass is 10.1. The van der Waals surface area contributed by atoms with Crippen LogP contribution < -0.4 is 21.0 Å². The van der Waals surface area contributed by atoms with Gasteiger partial charge in [-0.1, -0.05) is 12.1 Å². The van der Waals surface area contributed by atoms with Gasteiger partial charge in [0.15, 0.2) is 0 Å². The fourth-order valence-corrected chi connectivity index (χ4v) is 3.27. The lowest BCUT2D eigenvalue weighted by Gasteiger charge is -2.37. The first-order chi connectivity index (χ1) is 11.4. The molecule has 0 bridgehead atoms. The molecule has 1 fully saturated rings. The molecule has 2 aromatic rings. The van der Waals surface area contributed by atoms with Crippen molar-refractivity contribution >= 4 is 11.4 Å². The van der Waals surface area contributed by atoms with Gasteiger partial charge in [-0.25, -0.2) is 4.79 Å². The van der Waals surface area contributed by atoms with Crippen molar-refractivity contribution in [3.63, 3.8) is 0 Å². The molecule has 0 amide bonds. The van der Waals surface area contributed by atoms with E-state index in [0.29, 0.717) is 5.69 Å². The molecule has 128 valence electrons. The van der Waals surface area contributed by atoms with Crippen LogP contribution in [0.2, 0.25) is 0 Å². The molecule has 6 heteroatoms. The summed E-state index contributed by atoms with van der Waals surface area (Å²) in [5.74, 6) is 0. The van der Waals surface area contributed by atoms with Crippen LogP contribution in [0, 0.1) is 13.8 Å². The van der Waals surface area contributed by atoms with E-state index in [1.54, 1.807) is 13.2 Å². The highest BCUT2D eigenvalue weighted by Crippen LogP contribution is 2.24. The Labute approximate surface area is 141 Å². The lowest BCUT2D eigenvalue weighted by molar-refractivity contribution is 0.626. The van der Waals surface area contributed by atoms with Gasteiger partial charge in [-0.05, 0) is 31.0 Å². The van der Waals surface area contributed by atoms with E-state index in [-0.39, 0.29) is 11.2 Å². The van der Waals surface area contributed by atoms with Gasteiger partial charge in [0.25, 0.3) is 5.56 Å². The number of benzene rings is 1. The second-order valence-electron chi connectivity index (χ2n) is 6.47. The number of rotatable bonds is 2. The van der Waals surface area contributed by atoms with E-state index >= 15 is 0 Å². The number of hydrogen-bond donors (Lipinski definition) is 0. The Morgan fingerprint density at radius 2 is 1.46 bits per heavy atom. The topological polar surface area (TPSA) is 50.5 Å². The minimum Gasteiger partial charge on any atom is -0.368 e. The van der Waals surface area contributed by atoms with E-state index in [1.165, 1.54) is 33.0 Å². The lowest BCUT2D eigenvalue weighted by Crippen LogP contribution is -2.50. The Morgan fingerprint density at radius 3 is 2.08 bits per heavy atom. The second kappa shape index (κ2) is 6.19. The number of piperazine rings is 1. The highest BCUT2D eigenvalue weighted by Gasteiger charge is 2.22. The Balaban J connectivity index is 1.82. The first kappa shape index (κ1) is 16.4. The molecule has 0 spiro atoms. The van der Waals surface area contributed by atoms with Crippen LogP contribution in [0.3, 0.4) is 0 Å². The maximum Gasteiger partial charge on any atom is 0.330 e. The van der Waals surface area contributed by atoms with Crippen molar-refractivity contribution in [3.8, 4) is 0 Å². The summed E-state index contributed by atoms with van der Waals surface area (Å²) in [5, 5.41) is 0. The van der Waals surface area contributed by atoms with E-state index in [9.17, 15) is 9.59 Å². The molecule has 0 saturated carbocycles. The Kier molecular flexibility index (Phi) is 4.22. The van der Waals surface area contributed by atoms with Gasteiger partial charge in [0.2, 0.25) is 0 Å². The molecule has 1 saturated heterocycles. The third-order valence-corrected chi connectivity index (χ3v) is 4.97. The number of anilines is 2. The average Bonchev–Trinajstić information content (AvgIpc) is 2.59. The van der Waals surface area contributed by atoms with Gasteiger partial charge < -0.3 is 14.4 Å². The number of aryl methyl sites for hydroxylation is 2. The first-order valence-electron chi connectivity index (χ1n) is 8.23. The quantitative estimate of drug-likeness (QED) is 0.826. The van der Waals surface area contributed by atoms with Crippen molar-refractivity contribution in [1.82, 2.24) is 9.13 Å². The van der Waals surface area contributed by atoms with Crippen LogP contribution in [0.5, 0.6) is 0 Å². The molecule has 1 aliphatic heterocycles. The third-order valence-electron chi connectivity index (χ3n) is 4.97. The molecular weight excluding hydrogens is 304 g/mol. The first-order valence-corrected chi connectivity index (χ1v) is 8.23. The fraction of sp³-hybridized carbons (Fsp3) is 0.444. The van der Waals surface area contributed by atoms with Crippen LogP contribution in [0.1, 0.15) is 11.1 Å². The van der Waals surface area contributed by atoms with Crippen LogP contribution in [0.4, 0.5) is 11.4 Å². The molecule has 0 unspecified atom stereocenters.